The first-order valence-corrected chi connectivity index (χ1v) is 24.6. The molecule has 0 aromatic heterocycles. The van der Waals surface area contributed by atoms with E-state index in [9.17, 15) is 26.3 Å². The van der Waals surface area contributed by atoms with Gasteiger partial charge in [-0.2, -0.15) is 0 Å². The summed E-state index contributed by atoms with van der Waals surface area (Å²) in [5, 5.41) is -15.5. The third-order valence-corrected chi connectivity index (χ3v) is 16.1. The maximum Gasteiger partial charge on any atom is 0.191 e. The van der Waals surface area contributed by atoms with Crippen LogP contribution < -0.4 is 27.2 Å². The fourth-order valence-electron chi connectivity index (χ4n) is 10.4. The average molecular weight is 1120 g/mol. The van der Waals surface area contributed by atoms with Crippen molar-refractivity contribution in [3.63, 3.8) is 0 Å². The van der Waals surface area contributed by atoms with Gasteiger partial charge in [0.2, 0.25) is 0 Å². The largest absolute Gasteiger partial charge is 0.207 e. The van der Waals surface area contributed by atoms with E-state index >= 15 is 70.2 Å². The van der Waals surface area contributed by atoms with Crippen LogP contribution in [0.15, 0.2) is 66.7 Å². The molecule has 9 aromatic carbocycles. The van der Waals surface area contributed by atoms with Gasteiger partial charge in [-0.05, 0) is 70.3 Å². The summed E-state index contributed by atoms with van der Waals surface area (Å²) in [6.45, 7) is 6.48. The Morgan fingerprint density at radius 1 is 0.351 bits per heavy atom. The maximum atomic E-state index is 17.3. The van der Waals surface area contributed by atoms with Gasteiger partial charge < -0.3 is 0 Å². The predicted molar refractivity (Wildman–Crippen MR) is 248 cm³/mol. The Kier molecular flexibility index (Phi) is 15.1. The number of halogens is 22. The quantitative estimate of drug-likeness (QED) is 0.0585. The molecule has 0 aliphatic carbocycles. The van der Waals surface area contributed by atoms with Crippen molar-refractivity contribution in [2.75, 3.05) is 12.8 Å². The van der Waals surface area contributed by atoms with Crippen molar-refractivity contribution in [2.24, 2.45) is 5.92 Å². The van der Waals surface area contributed by atoms with Gasteiger partial charge >= 0.3 is 0 Å². The summed E-state index contributed by atoms with van der Waals surface area (Å²) in [6.07, 6.45) is -2.88. The van der Waals surface area contributed by atoms with Crippen LogP contribution in [-0.2, 0) is 0 Å². The van der Waals surface area contributed by atoms with E-state index in [0.29, 0.717) is 5.92 Å². The normalized spacial score (nSPS) is 12.8. The van der Waals surface area contributed by atoms with Gasteiger partial charge in [-0.3, -0.25) is 0 Å². The van der Waals surface area contributed by atoms with Crippen LogP contribution in [0.4, 0.5) is 96.6 Å². The molecule has 0 amide bonds. The molecule has 0 saturated carbocycles. The van der Waals surface area contributed by atoms with Crippen molar-refractivity contribution in [3.05, 3.63) is 195 Å². The monoisotopic (exact) mass is 1120 g/mol. The van der Waals surface area contributed by atoms with Gasteiger partial charge in [-0.1, -0.05) is 44.5 Å². The molecule has 0 N–H and O–H groups in total. The van der Waals surface area contributed by atoms with E-state index in [1.165, 1.54) is 18.9 Å². The Hall–Kier alpha value is -7.03. The summed E-state index contributed by atoms with van der Waals surface area (Å²) in [6, 6.07) is 3.47. The van der Waals surface area contributed by atoms with E-state index in [0.717, 1.165) is 17.5 Å². The number of fused-ring (bicyclic) bond motifs is 4. The van der Waals surface area contributed by atoms with E-state index in [1.54, 1.807) is 6.07 Å². The smallest absolute Gasteiger partial charge is 0.191 e. The molecule has 0 fully saturated rings. The highest BCUT2D eigenvalue weighted by atomic mass is 31.1. The molecule has 0 spiro atoms. The molecule has 0 bridgehead atoms. The maximum absolute atomic E-state index is 17.3. The molecule has 0 heterocycles. The van der Waals surface area contributed by atoms with E-state index in [2.05, 4.69) is 20.5 Å². The molecule has 77 heavy (non-hydrogen) atoms. The van der Waals surface area contributed by atoms with E-state index in [4.69, 9.17) is 0 Å². The standard InChI is InChI=1S/C40H8BF20.C13H19F2P/c42-13-5-1-9-17(25(13)46)29(50)37(58)33(54)21(9)41(22-10-2-6-14(43)26(47)18(10)30(51)38(59)34(22)55,23-11-3-7-15(44)27(48)19(11)31(52)39(60)35(23)56)24-12-4-8-16(45)28(49)20(12)32(53)40(61)36(24)57;1-4-5-10(2)9-16(3)13-7-6-11(14)8-12(13)15/h1-8H;6-8,10H,4-5,9H2,1-3H3/q-1;/p+1. The van der Waals surface area contributed by atoms with Crippen molar-refractivity contribution >= 4 is 84.3 Å². The van der Waals surface area contributed by atoms with Crippen LogP contribution in [0, 0.1) is 134 Å². The van der Waals surface area contributed by atoms with Gasteiger partial charge in [0.15, 0.2) is 98.9 Å². The Morgan fingerprint density at radius 3 is 0.896 bits per heavy atom. The lowest BCUT2D eigenvalue weighted by molar-refractivity contribution is 0.448. The van der Waals surface area contributed by atoms with Crippen LogP contribution in [0.3, 0.4) is 0 Å². The van der Waals surface area contributed by atoms with Gasteiger partial charge in [-0.15, -0.1) is 21.9 Å². The van der Waals surface area contributed by atoms with Crippen molar-refractivity contribution < 1.29 is 96.6 Å². The predicted octanol–water partition coefficient (Wildman–Crippen LogP) is 14.3. The van der Waals surface area contributed by atoms with Crippen LogP contribution in [0.2, 0.25) is 0 Å². The minimum atomic E-state index is -6.29. The van der Waals surface area contributed by atoms with Gasteiger partial charge in [0.05, 0.1) is 34.4 Å². The van der Waals surface area contributed by atoms with Crippen LogP contribution in [0.5, 0.6) is 0 Å². The lowest BCUT2D eigenvalue weighted by Crippen LogP contribution is -2.78. The molecule has 2 atom stereocenters. The third-order valence-electron chi connectivity index (χ3n) is 13.5. The van der Waals surface area contributed by atoms with Crippen LogP contribution in [0.25, 0.3) is 43.1 Å². The van der Waals surface area contributed by atoms with Crippen molar-refractivity contribution in [2.45, 2.75) is 26.7 Å². The van der Waals surface area contributed by atoms with Gasteiger partial charge in [0.1, 0.15) is 40.5 Å². The Morgan fingerprint density at radius 2 is 0.636 bits per heavy atom. The van der Waals surface area contributed by atoms with E-state index in [1.807, 2.05) is 0 Å². The third kappa shape index (κ3) is 8.66. The summed E-state index contributed by atoms with van der Waals surface area (Å²) >= 11 is 0. The summed E-state index contributed by atoms with van der Waals surface area (Å²) in [5.74, 6) is -55.0. The Bertz CT molecular complexity index is 3520. The number of rotatable bonds is 9. The Balaban J connectivity index is 0.000000421. The topological polar surface area (TPSA) is 0 Å². The molecular weight excluding hydrogens is 1100 g/mol. The minimum Gasteiger partial charge on any atom is -0.207 e. The average Bonchev–Trinajstić information content (AvgIpc) is 3.46. The molecule has 9 aromatic rings. The van der Waals surface area contributed by atoms with Crippen molar-refractivity contribution in [3.8, 4) is 0 Å². The highest BCUT2D eigenvalue weighted by molar-refractivity contribution is 7.64. The second kappa shape index (κ2) is 20.7. The zero-order chi connectivity index (χ0) is 56.8. The molecule has 0 nitrogen and oxygen atoms in total. The van der Waals surface area contributed by atoms with Crippen LogP contribution >= 0.6 is 7.92 Å². The first-order valence-electron chi connectivity index (χ1n) is 22.4. The molecule has 402 valence electrons. The van der Waals surface area contributed by atoms with E-state index in [-0.39, 0.29) is 54.3 Å². The van der Waals surface area contributed by atoms with Gasteiger partial charge in [-0.25, -0.2) is 96.6 Å². The molecule has 0 aliphatic rings. The van der Waals surface area contributed by atoms with Gasteiger partial charge in [0, 0.05) is 14.0 Å². The first-order chi connectivity index (χ1) is 36.2. The second-order valence-corrected chi connectivity index (χ2v) is 20.4. The highest BCUT2D eigenvalue weighted by Crippen LogP contribution is 2.39. The summed E-state index contributed by atoms with van der Waals surface area (Å²) in [4.78, 5) is 0. The lowest BCUT2D eigenvalue weighted by Gasteiger charge is -2.47. The van der Waals surface area contributed by atoms with Crippen molar-refractivity contribution in [1.29, 1.82) is 0 Å². The van der Waals surface area contributed by atoms with Crippen LogP contribution in [0.1, 0.15) is 26.7 Å². The summed E-state index contributed by atoms with van der Waals surface area (Å²) in [5.41, 5.74) is -9.74. The van der Waals surface area contributed by atoms with Gasteiger partial charge in [0.25, 0.3) is 0 Å². The van der Waals surface area contributed by atoms with E-state index < -0.39 is 201 Å². The molecule has 2 unspecified atom stereocenters. The van der Waals surface area contributed by atoms with Crippen LogP contribution in [-0.4, -0.2) is 19.0 Å². The molecule has 0 aliphatic heterocycles. The summed E-state index contributed by atoms with van der Waals surface area (Å²) in [7, 11) is -0.877. The fourth-order valence-corrected chi connectivity index (χ4v) is 12.7. The SMILES string of the molecule is CCCC(C)C[PH+](C)c1ccc(F)cc1F.Fc1ccc2c([B-](c3c(F)c(F)c(F)c4c(F)c(F)ccc34)(c3c(F)c(F)c(F)c4c(F)c(F)ccc34)c3c(F)c(F)c(F)c4c(F)c(F)ccc34)c(F)c(F)c(F)c2c1F. The zero-order valence-electron chi connectivity index (χ0n) is 38.9. The number of hydrogen-bond donors (Lipinski definition) is 0. The molecule has 0 radical (unpaired) electrons. The lowest BCUT2D eigenvalue weighted by atomic mass is 9.11. The summed E-state index contributed by atoms with van der Waals surface area (Å²) < 4.78 is 344. The molecular formula is C53H28BF22P. The minimum absolute atomic E-state index is 0.0220. The molecule has 24 heteroatoms. The Labute approximate surface area is 420 Å². The first kappa shape index (κ1) is 56.2. The molecule has 9 rings (SSSR count). The highest BCUT2D eigenvalue weighted by Gasteiger charge is 2.49. The molecule has 0 saturated heterocycles. The second-order valence-electron chi connectivity index (χ2n) is 17.9. The number of hydrogen-bond acceptors (Lipinski definition) is 0. The number of benzene rings is 9. The zero-order valence-corrected chi connectivity index (χ0v) is 39.9. The van der Waals surface area contributed by atoms with Crippen molar-refractivity contribution in [1.82, 2.24) is 0 Å². The fraction of sp³-hybridized carbons (Fsp3) is 0.132.